The molecule has 1 fully saturated rings. The molecule has 2 rings (SSSR count). The van der Waals surface area contributed by atoms with Gasteiger partial charge in [0.2, 0.25) is 0 Å². The number of hydrogen-bond donors (Lipinski definition) is 1. The van der Waals surface area contributed by atoms with Crippen molar-refractivity contribution in [3.63, 3.8) is 0 Å². The third kappa shape index (κ3) is 3.62. The van der Waals surface area contributed by atoms with Gasteiger partial charge < -0.3 is 14.6 Å². The number of methoxy groups -OCH3 is 1. The Morgan fingerprint density at radius 3 is 2.67 bits per heavy atom. The Morgan fingerprint density at radius 1 is 1.39 bits per heavy atom. The van der Waals surface area contributed by atoms with Crippen LogP contribution in [0, 0.1) is 5.92 Å². The Bertz CT molecular complexity index is 414. The molecule has 0 radical (unpaired) electrons. The molecular weight excluding hydrogens is 296 g/mol. The average Bonchev–Trinajstić information content (AvgIpc) is 3.12. The summed E-state index contributed by atoms with van der Waals surface area (Å²) in [6, 6.07) is 3.86. The first-order chi connectivity index (χ1) is 8.60. The first-order valence-corrected chi connectivity index (χ1v) is 7.06. The predicted molar refractivity (Wildman–Crippen MR) is 74.3 cm³/mol. The summed E-state index contributed by atoms with van der Waals surface area (Å²) < 4.78 is 12.1. The number of halogens is 1. The molecule has 1 aliphatic rings. The van der Waals surface area contributed by atoms with Crippen LogP contribution in [-0.4, -0.2) is 24.9 Å². The van der Waals surface area contributed by atoms with E-state index in [4.69, 9.17) is 9.47 Å². The van der Waals surface area contributed by atoms with Crippen LogP contribution in [0.5, 0.6) is 11.5 Å². The van der Waals surface area contributed by atoms with Gasteiger partial charge in [0.25, 0.3) is 0 Å². The highest BCUT2D eigenvalue weighted by atomic mass is 79.9. The van der Waals surface area contributed by atoms with Crippen LogP contribution in [0.15, 0.2) is 16.6 Å². The molecule has 1 aromatic carbocycles. The van der Waals surface area contributed by atoms with Gasteiger partial charge in [-0.3, -0.25) is 0 Å². The fourth-order valence-corrected chi connectivity index (χ4v) is 2.30. The van der Waals surface area contributed by atoms with Gasteiger partial charge in [0.05, 0.1) is 19.8 Å². The summed E-state index contributed by atoms with van der Waals surface area (Å²) in [4.78, 5) is 0. The van der Waals surface area contributed by atoms with Gasteiger partial charge >= 0.3 is 0 Å². The summed E-state index contributed by atoms with van der Waals surface area (Å²) in [5, 5.41) is 9.45. The monoisotopic (exact) mass is 314 g/mol. The normalized spacial score (nSPS) is 16.4. The Hall–Kier alpha value is -0.740. The lowest BCUT2D eigenvalue weighted by Crippen LogP contribution is -2.06. The van der Waals surface area contributed by atoms with Crippen LogP contribution < -0.4 is 9.47 Å². The van der Waals surface area contributed by atoms with Crippen molar-refractivity contribution in [2.75, 3.05) is 13.7 Å². The molecule has 0 aromatic heterocycles. The lowest BCUT2D eigenvalue weighted by atomic mass is 10.1. The van der Waals surface area contributed by atoms with Gasteiger partial charge in [-0.05, 0) is 49.8 Å². The minimum atomic E-state index is -0.371. The number of ether oxygens (including phenoxy) is 2. The van der Waals surface area contributed by atoms with Crippen molar-refractivity contribution in [1.82, 2.24) is 0 Å². The molecule has 0 heterocycles. The third-order valence-corrected chi connectivity index (χ3v) is 3.76. The molecule has 1 aromatic rings. The second kappa shape index (κ2) is 5.93. The fourth-order valence-electron chi connectivity index (χ4n) is 1.82. The van der Waals surface area contributed by atoms with Gasteiger partial charge in [-0.15, -0.1) is 0 Å². The molecule has 0 spiro atoms. The SMILES string of the molecule is COc1cc(CC(C)O)c(Br)cc1OCC1CC1. The fraction of sp³-hybridized carbons (Fsp3) is 0.571. The Balaban J connectivity index is 2.15. The van der Waals surface area contributed by atoms with Crippen molar-refractivity contribution in [3.05, 3.63) is 22.2 Å². The maximum atomic E-state index is 9.45. The van der Waals surface area contributed by atoms with Gasteiger partial charge in [-0.2, -0.15) is 0 Å². The van der Waals surface area contributed by atoms with Crippen LogP contribution in [0.3, 0.4) is 0 Å². The average molecular weight is 315 g/mol. The first kappa shape index (κ1) is 13.7. The second-order valence-corrected chi connectivity index (χ2v) is 5.76. The highest BCUT2D eigenvalue weighted by molar-refractivity contribution is 9.10. The van der Waals surface area contributed by atoms with E-state index < -0.39 is 0 Å². The van der Waals surface area contributed by atoms with Gasteiger partial charge in [-0.25, -0.2) is 0 Å². The molecule has 1 N–H and O–H groups in total. The molecular formula is C14H19BrO3. The summed E-state index contributed by atoms with van der Waals surface area (Å²) >= 11 is 3.51. The molecule has 100 valence electrons. The smallest absolute Gasteiger partial charge is 0.162 e. The third-order valence-electron chi connectivity index (χ3n) is 3.02. The van der Waals surface area contributed by atoms with Crippen molar-refractivity contribution in [2.45, 2.75) is 32.3 Å². The quantitative estimate of drug-likeness (QED) is 0.876. The molecule has 4 heteroatoms. The standard InChI is InChI=1S/C14H19BrO3/c1-9(16)5-11-6-13(17-2)14(7-12(11)15)18-8-10-3-4-10/h6-7,9-10,16H,3-5,8H2,1-2H3. The van der Waals surface area contributed by atoms with Crippen LogP contribution in [-0.2, 0) is 6.42 Å². The van der Waals surface area contributed by atoms with Crippen molar-refractivity contribution < 1.29 is 14.6 Å². The van der Waals surface area contributed by atoms with E-state index in [9.17, 15) is 5.11 Å². The molecule has 0 amide bonds. The minimum Gasteiger partial charge on any atom is -0.493 e. The zero-order valence-electron chi connectivity index (χ0n) is 10.8. The molecule has 0 bridgehead atoms. The Morgan fingerprint density at radius 2 is 2.11 bits per heavy atom. The molecule has 3 nitrogen and oxygen atoms in total. The maximum Gasteiger partial charge on any atom is 0.162 e. The van der Waals surface area contributed by atoms with Crippen LogP contribution in [0.25, 0.3) is 0 Å². The van der Waals surface area contributed by atoms with Crippen molar-refractivity contribution >= 4 is 15.9 Å². The largest absolute Gasteiger partial charge is 0.493 e. The van der Waals surface area contributed by atoms with Crippen LogP contribution in [0.1, 0.15) is 25.3 Å². The lowest BCUT2D eigenvalue weighted by Gasteiger charge is -2.14. The zero-order chi connectivity index (χ0) is 13.1. The van der Waals surface area contributed by atoms with Crippen LogP contribution in [0.4, 0.5) is 0 Å². The highest BCUT2D eigenvalue weighted by Gasteiger charge is 2.23. The van der Waals surface area contributed by atoms with E-state index in [-0.39, 0.29) is 6.10 Å². The molecule has 1 aliphatic carbocycles. The molecule has 0 saturated heterocycles. The predicted octanol–water partition coefficient (Wildman–Crippen LogP) is 3.17. The van der Waals surface area contributed by atoms with Crippen molar-refractivity contribution in [3.8, 4) is 11.5 Å². The molecule has 18 heavy (non-hydrogen) atoms. The molecule has 1 unspecified atom stereocenters. The number of aliphatic hydroxyl groups is 1. The number of benzene rings is 1. The summed E-state index contributed by atoms with van der Waals surface area (Å²) in [5.41, 5.74) is 1.03. The van der Waals surface area contributed by atoms with E-state index in [2.05, 4.69) is 15.9 Å². The topological polar surface area (TPSA) is 38.7 Å². The Labute approximate surface area is 116 Å². The number of rotatable bonds is 6. The minimum absolute atomic E-state index is 0.371. The summed E-state index contributed by atoms with van der Waals surface area (Å²) in [6.07, 6.45) is 2.76. The summed E-state index contributed by atoms with van der Waals surface area (Å²) in [6.45, 7) is 2.54. The summed E-state index contributed by atoms with van der Waals surface area (Å²) in [7, 11) is 1.64. The van der Waals surface area contributed by atoms with Crippen molar-refractivity contribution in [1.29, 1.82) is 0 Å². The van der Waals surface area contributed by atoms with E-state index in [0.29, 0.717) is 12.3 Å². The van der Waals surface area contributed by atoms with E-state index in [1.807, 2.05) is 12.1 Å². The van der Waals surface area contributed by atoms with Gasteiger partial charge in [0.1, 0.15) is 0 Å². The lowest BCUT2D eigenvalue weighted by molar-refractivity contribution is 0.195. The summed E-state index contributed by atoms with van der Waals surface area (Å²) in [5.74, 6) is 2.21. The maximum absolute atomic E-state index is 9.45. The molecule has 1 saturated carbocycles. The van der Waals surface area contributed by atoms with E-state index >= 15 is 0 Å². The Kier molecular flexibility index (Phi) is 4.51. The molecule has 0 aliphatic heterocycles. The highest BCUT2D eigenvalue weighted by Crippen LogP contribution is 2.36. The number of hydrogen-bond acceptors (Lipinski definition) is 3. The van der Waals surface area contributed by atoms with E-state index in [1.54, 1.807) is 14.0 Å². The van der Waals surface area contributed by atoms with Gasteiger partial charge in [0, 0.05) is 4.47 Å². The van der Waals surface area contributed by atoms with E-state index in [1.165, 1.54) is 12.8 Å². The van der Waals surface area contributed by atoms with E-state index in [0.717, 1.165) is 28.1 Å². The van der Waals surface area contributed by atoms with Gasteiger partial charge in [-0.1, -0.05) is 15.9 Å². The second-order valence-electron chi connectivity index (χ2n) is 4.90. The first-order valence-electron chi connectivity index (χ1n) is 6.27. The van der Waals surface area contributed by atoms with Gasteiger partial charge in [0.15, 0.2) is 11.5 Å². The van der Waals surface area contributed by atoms with Crippen LogP contribution >= 0.6 is 15.9 Å². The van der Waals surface area contributed by atoms with Crippen LogP contribution in [0.2, 0.25) is 0 Å². The zero-order valence-corrected chi connectivity index (χ0v) is 12.4. The number of aliphatic hydroxyl groups excluding tert-OH is 1. The van der Waals surface area contributed by atoms with Crippen molar-refractivity contribution in [2.24, 2.45) is 5.92 Å². The molecule has 1 atom stereocenters.